The maximum Gasteiger partial charge on any atom is 0.191 e. The topological polar surface area (TPSA) is 44.9 Å². The molecule has 0 unspecified atom stereocenters. The summed E-state index contributed by atoms with van der Waals surface area (Å²) in [6.45, 7) is 4.77. The number of nitrogens with zero attached hydrogens (tertiary/aromatic N) is 3. The van der Waals surface area contributed by atoms with Gasteiger partial charge in [0.2, 0.25) is 0 Å². The lowest BCUT2D eigenvalue weighted by atomic mass is 10.2. The number of nitrogens with two attached hydrogens (primary N) is 1. The average Bonchev–Trinajstić information content (AvgIpc) is 2.95. The molecule has 0 saturated carbocycles. The molecule has 118 valence electrons. The number of hydrogen-bond donors (Lipinski definition) is 1. The number of hydrogen-bond acceptors (Lipinski definition) is 2. The molecule has 2 heterocycles. The van der Waals surface area contributed by atoms with E-state index in [1.165, 1.54) is 36.9 Å². The van der Waals surface area contributed by atoms with Crippen LogP contribution in [0.25, 0.3) is 0 Å². The van der Waals surface area contributed by atoms with E-state index in [1.807, 2.05) is 0 Å². The molecule has 0 bridgehead atoms. The van der Waals surface area contributed by atoms with Crippen molar-refractivity contribution in [3.05, 3.63) is 42.0 Å². The van der Waals surface area contributed by atoms with Gasteiger partial charge in [-0.1, -0.05) is 37.1 Å². The summed E-state index contributed by atoms with van der Waals surface area (Å²) >= 11 is 0. The molecule has 4 nitrogen and oxygen atoms in total. The van der Waals surface area contributed by atoms with E-state index >= 15 is 0 Å². The molecule has 1 saturated heterocycles. The quantitative estimate of drug-likeness (QED) is 0.530. The lowest BCUT2D eigenvalue weighted by Gasteiger charge is -2.21. The maximum absolute atomic E-state index is 6.18. The van der Waals surface area contributed by atoms with Crippen molar-refractivity contribution in [2.45, 2.75) is 32.2 Å². The van der Waals surface area contributed by atoms with Crippen LogP contribution in [0.4, 0.5) is 5.69 Å². The second kappa shape index (κ2) is 7.34. The minimum atomic E-state index is 0.664. The fourth-order valence-corrected chi connectivity index (χ4v) is 3.11. The number of anilines is 1. The minimum absolute atomic E-state index is 0.664. The van der Waals surface area contributed by atoms with Crippen LogP contribution >= 0.6 is 0 Å². The van der Waals surface area contributed by atoms with Crippen molar-refractivity contribution in [1.82, 2.24) is 4.90 Å². The number of benzene rings is 1. The van der Waals surface area contributed by atoms with Gasteiger partial charge in [-0.3, -0.25) is 0 Å². The van der Waals surface area contributed by atoms with Gasteiger partial charge in [0, 0.05) is 31.9 Å². The number of guanidine groups is 1. The molecule has 3 rings (SSSR count). The molecule has 0 radical (unpaired) electrons. The molecule has 2 N–H and O–H groups in total. The summed E-state index contributed by atoms with van der Waals surface area (Å²) in [6, 6.07) is 8.64. The smallest absolute Gasteiger partial charge is 0.191 e. The summed E-state index contributed by atoms with van der Waals surface area (Å²) in [5, 5.41) is 0. The highest BCUT2D eigenvalue weighted by atomic mass is 15.2. The summed E-state index contributed by atoms with van der Waals surface area (Å²) < 4.78 is 0. The van der Waals surface area contributed by atoms with Crippen molar-refractivity contribution in [2.24, 2.45) is 10.7 Å². The molecule has 22 heavy (non-hydrogen) atoms. The molecular formula is C18H26N4. The molecule has 4 heteroatoms. The Kier molecular flexibility index (Phi) is 4.99. The van der Waals surface area contributed by atoms with Crippen molar-refractivity contribution in [2.75, 3.05) is 31.1 Å². The first kappa shape index (κ1) is 14.9. The van der Waals surface area contributed by atoms with Gasteiger partial charge in [-0.2, -0.15) is 0 Å². The van der Waals surface area contributed by atoms with Crippen LogP contribution in [0.15, 0.2) is 41.4 Å². The Bertz CT molecular complexity index is 534. The van der Waals surface area contributed by atoms with Gasteiger partial charge in [-0.25, -0.2) is 4.99 Å². The predicted molar refractivity (Wildman–Crippen MR) is 93.2 cm³/mol. The Balaban J connectivity index is 1.62. The van der Waals surface area contributed by atoms with Crippen molar-refractivity contribution in [1.29, 1.82) is 0 Å². The highest BCUT2D eigenvalue weighted by Gasteiger charge is 2.11. The highest BCUT2D eigenvalue weighted by Crippen LogP contribution is 2.19. The fraction of sp³-hybridized carbons (Fsp3) is 0.500. The molecule has 0 spiro atoms. The third-order valence-corrected chi connectivity index (χ3v) is 4.45. The summed E-state index contributed by atoms with van der Waals surface area (Å²) in [4.78, 5) is 9.20. The second-order valence-corrected chi connectivity index (χ2v) is 6.12. The molecule has 0 atom stereocenters. The lowest BCUT2D eigenvalue weighted by molar-refractivity contribution is 0.428. The van der Waals surface area contributed by atoms with Crippen LogP contribution in [0.2, 0.25) is 0 Å². The normalized spacial score (nSPS) is 19.5. The molecule has 2 aliphatic rings. The van der Waals surface area contributed by atoms with Gasteiger partial charge < -0.3 is 15.5 Å². The van der Waals surface area contributed by atoms with Gasteiger partial charge in [-0.05, 0) is 30.5 Å². The Morgan fingerprint density at radius 1 is 1.05 bits per heavy atom. The van der Waals surface area contributed by atoms with Gasteiger partial charge in [-0.15, -0.1) is 0 Å². The van der Waals surface area contributed by atoms with E-state index < -0.39 is 0 Å². The van der Waals surface area contributed by atoms with Gasteiger partial charge in [0.05, 0.1) is 6.54 Å². The van der Waals surface area contributed by atoms with Crippen LogP contribution in [-0.4, -0.2) is 37.0 Å². The van der Waals surface area contributed by atoms with Gasteiger partial charge in [0.25, 0.3) is 0 Å². The van der Waals surface area contributed by atoms with E-state index in [9.17, 15) is 0 Å². The third-order valence-electron chi connectivity index (χ3n) is 4.45. The molecule has 2 aliphatic heterocycles. The molecule has 1 aromatic carbocycles. The fourth-order valence-electron chi connectivity index (χ4n) is 3.11. The van der Waals surface area contributed by atoms with Gasteiger partial charge >= 0.3 is 0 Å². The first-order valence-electron chi connectivity index (χ1n) is 8.37. The van der Waals surface area contributed by atoms with Crippen LogP contribution < -0.4 is 10.6 Å². The molecule has 0 amide bonds. The van der Waals surface area contributed by atoms with Crippen LogP contribution in [-0.2, 0) is 6.54 Å². The maximum atomic E-state index is 6.18. The van der Waals surface area contributed by atoms with E-state index in [4.69, 9.17) is 5.73 Å². The number of aliphatic imine (C=N–C) groups is 1. The summed E-state index contributed by atoms with van der Waals surface area (Å²) in [6.07, 6.45) is 9.51. The second-order valence-electron chi connectivity index (χ2n) is 6.12. The standard InChI is InChI=1S/C18H26N4/c19-18(22-12-3-1-2-4-13-22)20-15-16-8-7-9-17(14-16)21-10-5-6-11-21/h5-9,14H,1-4,10-13,15H2,(H2,19,20). The number of likely N-dealkylation sites (tertiary alicyclic amines) is 1. The average molecular weight is 298 g/mol. The first-order valence-corrected chi connectivity index (χ1v) is 8.37. The summed E-state index contributed by atoms with van der Waals surface area (Å²) in [5.74, 6) is 0.704. The molecule has 1 fully saturated rings. The Labute approximate surface area is 133 Å². The van der Waals surface area contributed by atoms with E-state index in [1.54, 1.807) is 0 Å². The van der Waals surface area contributed by atoms with Gasteiger partial charge in [0.1, 0.15) is 0 Å². The lowest BCUT2D eigenvalue weighted by Crippen LogP contribution is -2.38. The van der Waals surface area contributed by atoms with Crippen LogP contribution in [0.1, 0.15) is 31.2 Å². The van der Waals surface area contributed by atoms with Crippen LogP contribution in [0, 0.1) is 0 Å². The predicted octanol–water partition coefficient (Wildman–Crippen LogP) is 2.75. The Morgan fingerprint density at radius 2 is 1.77 bits per heavy atom. The Hall–Kier alpha value is -1.97. The van der Waals surface area contributed by atoms with Gasteiger partial charge in [0.15, 0.2) is 5.96 Å². The van der Waals surface area contributed by atoms with Crippen LogP contribution in [0.3, 0.4) is 0 Å². The zero-order valence-corrected chi connectivity index (χ0v) is 13.2. The molecular weight excluding hydrogens is 272 g/mol. The number of rotatable bonds is 3. The molecule has 0 aromatic heterocycles. The van der Waals surface area contributed by atoms with Crippen molar-refractivity contribution >= 4 is 11.6 Å². The summed E-state index contributed by atoms with van der Waals surface area (Å²) in [7, 11) is 0. The SMILES string of the molecule is NC(=NCc1cccc(N2CC=CC2)c1)N1CCCCCC1. The van der Waals surface area contributed by atoms with Crippen LogP contribution in [0.5, 0.6) is 0 Å². The Morgan fingerprint density at radius 3 is 2.50 bits per heavy atom. The highest BCUT2D eigenvalue weighted by molar-refractivity contribution is 5.78. The van der Waals surface area contributed by atoms with Crippen molar-refractivity contribution in [3.8, 4) is 0 Å². The monoisotopic (exact) mass is 298 g/mol. The minimum Gasteiger partial charge on any atom is -0.370 e. The van der Waals surface area contributed by atoms with E-state index in [0.29, 0.717) is 12.5 Å². The first-order chi connectivity index (χ1) is 10.8. The molecule has 1 aromatic rings. The van der Waals surface area contributed by atoms with Crippen molar-refractivity contribution in [3.63, 3.8) is 0 Å². The summed E-state index contributed by atoms with van der Waals surface area (Å²) in [5.41, 5.74) is 8.68. The zero-order valence-electron chi connectivity index (χ0n) is 13.2. The van der Waals surface area contributed by atoms with E-state index in [0.717, 1.165) is 26.2 Å². The van der Waals surface area contributed by atoms with Crippen molar-refractivity contribution < 1.29 is 0 Å². The van der Waals surface area contributed by atoms with E-state index in [2.05, 4.69) is 51.2 Å². The third kappa shape index (κ3) is 3.81. The molecule has 0 aliphatic carbocycles. The largest absolute Gasteiger partial charge is 0.370 e. The van der Waals surface area contributed by atoms with E-state index in [-0.39, 0.29) is 0 Å². The zero-order chi connectivity index (χ0) is 15.2.